The number of aryl methyl sites for hydroxylation is 2. The average Bonchev–Trinajstić information content (AvgIpc) is 3.39. The van der Waals surface area contributed by atoms with Crippen molar-refractivity contribution >= 4 is 50.1 Å². The molecule has 0 saturated heterocycles. The lowest BCUT2D eigenvalue weighted by Gasteiger charge is -2.06. The molecule has 2 heterocycles. The van der Waals surface area contributed by atoms with Gasteiger partial charge in [0.15, 0.2) is 0 Å². The van der Waals surface area contributed by atoms with E-state index in [2.05, 4.69) is 124 Å². The molecule has 2 heteroatoms. The quantitative estimate of drug-likeness (QED) is 0.225. The van der Waals surface area contributed by atoms with Crippen LogP contribution in [0, 0.1) is 38.1 Å². The Balaban J connectivity index is 1.94. The molecule has 6 rings (SSSR count). The predicted molar refractivity (Wildman–Crippen MR) is 163 cm³/mol. The van der Waals surface area contributed by atoms with Crippen molar-refractivity contribution in [2.75, 3.05) is 0 Å². The van der Waals surface area contributed by atoms with E-state index >= 15 is 0 Å². The lowest BCUT2D eigenvalue weighted by atomic mass is 9.98. The fourth-order valence-electron chi connectivity index (χ4n) is 5.22. The Morgan fingerprint density at radius 1 is 0.500 bits per heavy atom. The molecule has 0 N–H and O–H groups in total. The molecule has 0 aliphatic rings. The first kappa shape index (κ1) is 23.1. The van der Waals surface area contributed by atoms with Crippen molar-refractivity contribution in [3.8, 4) is 0 Å². The molecule has 2 unspecified atom stereocenters. The smallest absolute Gasteiger partial charge is 0.00202 e. The van der Waals surface area contributed by atoms with Gasteiger partial charge in [-0.2, -0.15) is 0 Å². The molecule has 0 fully saturated rings. The van der Waals surface area contributed by atoms with Gasteiger partial charge in [-0.3, -0.25) is 0 Å². The minimum atomic E-state index is 0.735. The first-order valence-corrected chi connectivity index (χ1v) is 14.7. The fraction of sp³-hybridized carbons (Fsp3) is 0.118. The second-order valence-electron chi connectivity index (χ2n) is 9.81. The first-order valence-electron chi connectivity index (χ1n) is 12.5. The van der Waals surface area contributed by atoms with Crippen LogP contribution in [-0.4, -0.2) is 0 Å². The van der Waals surface area contributed by atoms with E-state index in [9.17, 15) is 0 Å². The summed E-state index contributed by atoms with van der Waals surface area (Å²) in [7, 11) is 1.47. The fourth-order valence-corrected chi connectivity index (χ4v) is 7.70. The van der Waals surface area contributed by atoms with Gasteiger partial charge < -0.3 is 0 Å². The SMILES string of the molecule is Cc1c[pH]c(\C=c2/ccc3ccccc3/c2=c2\c(=C\c3[pH]cc(C)c3C)ccc3ccccc23)c1C. The Labute approximate surface area is 215 Å². The Morgan fingerprint density at radius 3 is 1.31 bits per heavy atom. The molecular weight excluding hydrogens is 470 g/mol. The van der Waals surface area contributed by atoms with Crippen LogP contribution in [0.2, 0.25) is 0 Å². The predicted octanol–water partition coefficient (Wildman–Crippen LogP) is 8.23. The van der Waals surface area contributed by atoms with Crippen LogP contribution >= 0.6 is 16.4 Å². The maximum absolute atomic E-state index is 2.45. The maximum atomic E-state index is 2.45. The van der Waals surface area contributed by atoms with Crippen LogP contribution in [0.5, 0.6) is 0 Å². The summed E-state index contributed by atoms with van der Waals surface area (Å²) in [5.41, 5.74) is 5.67. The molecule has 6 aromatic rings. The minimum Gasteiger partial charge on any atom is -0.132 e. The second-order valence-corrected chi connectivity index (χ2v) is 12.0. The summed E-state index contributed by atoms with van der Waals surface area (Å²) in [6.07, 6.45) is 4.89. The van der Waals surface area contributed by atoms with Gasteiger partial charge in [-0.1, -0.05) is 72.8 Å². The van der Waals surface area contributed by atoms with E-state index in [1.165, 1.54) is 75.3 Å². The van der Waals surface area contributed by atoms with E-state index < -0.39 is 0 Å². The van der Waals surface area contributed by atoms with Crippen LogP contribution in [0.1, 0.15) is 32.8 Å². The largest absolute Gasteiger partial charge is 0.132 e. The summed E-state index contributed by atoms with van der Waals surface area (Å²) in [5.74, 6) is 4.76. The Hall–Kier alpha value is -3.30. The van der Waals surface area contributed by atoms with Crippen LogP contribution in [-0.2, 0) is 0 Å². The summed E-state index contributed by atoms with van der Waals surface area (Å²) in [6, 6.07) is 26.9. The molecule has 4 aromatic carbocycles. The molecule has 0 radical (unpaired) electrons. The lowest BCUT2D eigenvalue weighted by molar-refractivity contribution is 1.39. The molecule has 0 amide bonds. The highest BCUT2D eigenvalue weighted by molar-refractivity contribution is 7.31. The summed E-state index contributed by atoms with van der Waals surface area (Å²) in [4.78, 5) is 0. The molecule has 0 nitrogen and oxygen atoms in total. The normalized spacial score (nSPS) is 14.2. The highest BCUT2D eigenvalue weighted by Gasteiger charge is 2.06. The highest BCUT2D eigenvalue weighted by Crippen LogP contribution is 2.27. The van der Waals surface area contributed by atoms with Crippen molar-refractivity contribution in [1.82, 2.24) is 0 Å². The van der Waals surface area contributed by atoms with Gasteiger partial charge in [-0.05, 0) is 127 Å². The minimum absolute atomic E-state index is 0.735. The van der Waals surface area contributed by atoms with Gasteiger partial charge in [0.05, 0.1) is 0 Å². The van der Waals surface area contributed by atoms with Crippen LogP contribution in [0.4, 0.5) is 0 Å². The monoisotopic (exact) mass is 500 g/mol. The third-order valence-corrected chi connectivity index (χ3v) is 10.5. The topological polar surface area (TPSA) is 0 Å². The van der Waals surface area contributed by atoms with Gasteiger partial charge in [-0.25, -0.2) is 0 Å². The van der Waals surface area contributed by atoms with Crippen molar-refractivity contribution < 1.29 is 0 Å². The standard InChI is InChI=1S/C34H30P2/c1-21-19-35-31(23(21)3)17-27-15-13-25-9-5-7-11-29(25)33(27)34-28(18-32-24(4)22(2)20-36-32)16-14-26-10-6-8-12-30(26)34/h5-20,35-36H,1-4H3/b27-17+,28-18+,34-33+. The molecule has 2 aromatic heterocycles. The van der Waals surface area contributed by atoms with E-state index in [1.807, 2.05) is 0 Å². The molecule has 0 aliphatic carbocycles. The molecule has 176 valence electrons. The van der Waals surface area contributed by atoms with Gasteiger partial charge in [0, 0.05) is 0 Å². The average molecular weight is 501 g/mol. The summed E-state index contributed by atoms with van der Waals surface area (Å²) < 4.78 is 0. The highest BCUT2D eigenvalue weighted by atomic mass is 31.0. The number of rotatable bonds is 2. The Morgan fingerprint density at radius 2 is 0.917 bits per heavy atom. The molecule has 0 spiro atoms. The zero-order chi connectivity index (χ0) is 24.8. The van der Waals surface area contributed by atoms with Crippen molar-refractivity contribution in [2.45, 2.75) is 27.7 Å². The molecule has 2 atom stereocenters. The van der Waals surface area contributed by atoms with E-state index in [-0.39, 0.29) is 0 Å². The summed E-state index contributed by atoms with van der Waals surface area (Å²) >= 11 is 0. The van der Waals surface area contributed by atoms with E-state index in [0.29, 0.717) is 0 Å². The van der Waals surface area contributed by atoms with Gasteiger partial charge in [0.2, 0.25) is 0 Å². The summed E-state index contributed by atoms with van der Waals surface area (Å²) in [6.45, 7) is 9.00. The number of hydrogen-bond donors (Lipinski definition) is 0. The lowest BCUT2D eigenvalue weighted by Crippen LogP contribution is -2.11. The van der Waals surface area contributed by atoms with Crippen LogP contribution < -0.4 is 10.4 Å². The third-order valence-electron chi connectivity index (χ3n) is 7.65. The van der Waals surface area contributed by atoms with Crippen molar-refractivity contribution in [3.63, 3.8) is 0 Å². The number of benzene rings is 4. The van der Waals surface area contributed by atoms with Crippen LogP contribution in [0.25, 0.3) is 33.7 Å². The van der Waals surface area contributed by atoms with Crippen LogP contribution in [0.3, 0.4) is 0 Å². The first-order chi connectivity index (χ1) is 17.5. The van der Waals surface area contributed by atoms with Gasteiger partial charge >= 0.3 is 0 Å². The van der Waals surface area contributed by atoms with E-state index in [0.717, 1.165) is 16.4 Å². The number of fused-ring (bicyclic) bond motifs is 2. The Bertz CT molecular complexity index is 1840. The molecule has 0 bridgehead atoms. The Kier molecular flexibility index (Phi) is 5.97. The second kappa shape index (κ2) is 9.29. The van der Waals surface area contributed by atoms with Crippen molar-refractivity contribution in [1.29, 1.82) is 0 Å². The van der Waals surface area contributed by atoms with Gasteiger partial charge in [-0.15, -0.1) is 16.4 Å². The van der Waals surface area contributed by atoms with Crippen molar-refractivity contribution in [2.24, 2.45) is 0 Å². The number of hydrogen-bond acceptors (Lipinski definition) is 0. The molecule has 0 saturated carbocycles. The molecule has 36 heavy (non-hydrogen) atoms. The zero-order valence-electron chi connectivity index (χ0n) is 21.2. The van der Waals surface area contributed by atoms with E-state index in [4.69, 9.17) is 0 Å². The zero-order valence-corrected chi connectivity index (χ0v) is 23.2. The third kappa shape index (κ3) is 3.96. The molecule has 0 aliphatic heterocycles. The molecular formula is C34H30P2. The van der Waals surface area contributed by atoms with E-state index in [1.54, 1.807) is 0 Å². The summed E-state index contributed by atoms with van der Waals surface area (Å²) in [5, 5.41) is 13.4. The van der Waals surface area contributed by atoms with Crippen molar-refractivity contribution in [3.05, 3.63) is 138 Å². The van der Waals surface area contributed by atoms with Crippen LogP contribution in [0.15, 0.2) is 84.4 Å². The maximum Gasteiger partial charge on any atom is -0.00202 e. The van der Waals surface area contributed by atoms with Gasteiger partial charge in [0.25, 0.3) is 0 Å². The van der Waals surface area contributed by atoms with Gasteiger partial charge in [0.1, 0.15) is 0 Å².